The second kappa shape index (κ2) is 5.90. The van der Waals surface area contributed by atoms with E-state index >= 15 is 0 Å². The zero-order chi connectivity index (χ0) is 15.9. The van der Waals surface area contributed by atoms with E-state index in [1.165, 1.54) is 6.33 Å². The lowest BCUT2D eigenvalue weighted by Crippen LogP contribution is -2.27. The summed E-state index contributed by atoms with van der Waals surface area (Å²) < 4.78 is 7.53. The van der Waals surface area contributed by atoms with Crippen molar-refractivity contribution in [1.29, 1.82) is 0 Å². The molecule has 0 aromatic carbocycles. The first-order valence-electron chi connectivity index (χ1n) is 7.26. The van der Waals surface area contributed by atoms with Crippen LogP contribution >= 0.6 is 12.6 Å². The van der Waals surface area contributed by atoms with Crippen LogP contribution in [-0.4, -0.2) is 42.1 Å². The molecule has 8 nitrogen and oxygen atoms in total. The van der Waals surface area contributed by atoms with Crippen LogP contribution in [0.2, 0.25) is 0 Å². The molecule has 1 fully saturated rings. The van der Waals surface area contributed by atoms with Crippen LogP contribution in [0, 0.1) is 0 Å². The second-order valence-corrected chi connectivity index (χ2v) is 6.06. The Labute approximate surface area is 132 Å². The predicted molar refractivity (Wildman–Crippen MR) is 84.8 cm³/mol. The van der Waals surface area contributed by atoms with Crippen molar-refractivity contribution < 1.29 is 9.84 Å². The van der Waals surface area contributed by atoms with E-state index in [9.17, 15) is 9.90 Å². The second-order valence-electron chi connectivity index (χ2n) is 5.46. The number of nitrogen functional groups attached to an aromatic ring is 1. The van der Waals surface area contributed by atoms with Gasteiger partial charge in [0.2, 0.25) is 5.95 Å². The molecule has 120 valence electrons. The van der Waals surface area contributed by atoms with Crippen molar-refractivity contribution in [3.8, 4) is 0 Å². The first kappa shape index (κ1) is 15.3. The van der Waals surface area contributed by atoms with E-state index in [0.717, 1.165) is 19.3 Å². The summed E-state index contributed by atoms with van der Waals surface area (Å²) in [6.45, 7) is 2.08. The number of imidazole rings is 1. The number of nitrogens with zero attached hydrogens (tertiary/aromatic N) is 3. The highest BCUT2D eigenvalue weighted by molar-refractivity contribution is 7.81. The van der Waals surface area contributed by atoms with Crippen LogP contribution in [0.3, 0.4) is 0 Å². The number of fused-ring (bicyclic) bond motifs is 1. The van der Waals surface area contributed by atoms with Gasteiger partial charge in [0.25, 0.3) is 5.56 Å². The van der Waals surface area contributed by atoms with E-state index in [0.29, 0.717) is 5.65 Å². The molecule has 0 spiro atoms. The smallest absolute Gasteiger partial charge is 0.280 e. The molecule has 2 aromatic rings. The summed E-state index contributed by atoms with van der Waals surface area (Å²) >= 11 is 4.46. The zero-order valence-corrected chi connectivity index (χ0v) is 13.0. The van der Waals surface area contributed by atoms with Crippen LogP contribution in [0.1, 0.15) is 32.4 Å². The van der Waals surface area contributed by atoms with Crippen LogP contribution in [0.25, 0.3) is 11.2 Å². The molecule has 0 aliphatic carbocycles. The number of hydrogen-bond acceptors (Lipinski definition) is 7. The van der Waals surface area contributed by atoms with E-state index < -0.39 is 23.1 Å². The van der Waals surface area contributed by atoms with E-state index in [1.54, 1.807) is 4.57 Å². The third-order valence-electron chi connectivity index (χ3n) is 3.90. The fourth-order valence-corrected chi connectivity index (χ4v) is 3.14. The molecule has 1 aliphatic rings. The number of aromatic nitrogens is 4. The van der Waals surface area contributed by atoms with E-state index in [1.807, 2.05) is 0 Å². The number of H-pyrrole nitrogens is 1. The van der Waals surface area contributed by atoms with Crippen LogP contribution < -0.4 is 11.3 Å². The zero-order valence-electron chi connectivity index (χ0n) is 12.1. The molecule has 4 N–H and O–H groups in total. The highest BCUT2D eigenvalue weighted by atomic mass is 32.1. The summed E-state index contributed by atoms with van der Waals surface area (Å²) in [5.74, 6) is 0.0102. The molecule has 0 unspecified atom stereocenters. The largest absolute Gasteiger partial charge is 0.389 e. The number of aromatic amines is 1. The van der Waals surface area contributed by atoms with E-state index in [2.05, 4.69) is 34.5 Å². The molecule has 2 aromatic heterocycles. The summed E-state index contributed by atoms with van der Waals surface area (Å²) in [5, 5.41) is 9.86. The van der Waals surface area contributed by atoms with Gasteiger partial charge in [-0.2, -0.15) is 17.6 Å². The van der Waals surface area contributed by atoms with Crippen LogP contribution in [0.4, 0.5) is 5.95 Å². The number of anilines is 1. The van der Waals surface area contributed by atoms with Gasteiger partial charge in [-0.1, -0.05) is 19.8 Å². The molecular weight excluding hydrogens is 306 g/mol. The van der Waals surface area contributed by atoms with Crippen molar-refractivity contribution in [2.75, 3.05) is 5.73 Å². The Kier molecular flexibility index (Phi) is 4.11. The minimum Gasteiger partial charge on any atom is -0.389 e. The topological polar surface area (TPSA) is 119 Å². The average molecular weight is 325 g/mol. The van der Waals surface area contributed by atoms with E-state index in [4.69, 9.17) is 10.5 Å². The summed E-state index contributed by atoms with van der Waals surface area (Å²) in [6.07, 6.45) is 2.70. The van der Waals surface area contributed by atoms with Crippen molar-refractivity contribution in [3.05, 3.63) is 16.7 Å². The minimum atomic E-state index is -0.684. The quantitative estimate of drug-likeness (QED) is 0.606. The van der Waals surface area contributed by atoms with Gasteiger partial charge in [0.15, 0.2) is 17.4 Å². The molecule has 0 amide bonds. The third kappa shape index (κ3) is 2.49. The fraction of sp³-hybridized carbons (Fsp3) is 0.615. The van der Waals surface area contributed by atoms with Crippen LogP contribution in [-0.2, 0) is 4.74 Å². The molecule has 22 heavy (non-hydrogen) atoms. The van der Waals surface area contributed by atoms with Gasteiger partial charge in [0.05, 0.1) is 23.8 Å². The Morgan fingerprint density at radius 1 is 1.59 bits per heavy atom. The average Bonchev–Trinajstić information content (AvgIpc) is 3.00. The monoisotopic (exact) mass is 325 g/mol. The SMILES string of the molecule is CCCC[C@H]1O[C@@H](n2cnc3c(=O)[nH]c(N)nc32)[C@H](S)[C@@H]1O. The van der Waals surface area contributed by atoms with Gasteiger partial charge in [-0.25, -0.2) is 4.98 Å². The molecule has 4 atom stereocenters. The highest BCUT2D eigenvalue weighted by Crippen LogP contribution is 2.36. The number of thiol groups is 1. The van der Waals surface area contributed by atoms with Crippen LogP contribution in [0.5, 0.6) is 0 Å². The van der Waals surface area contributed by atoms with Gasteiger partial charge >= 0.3 is 0 Å². The molecule has 0 saturated carbocycles. The number of rotatable bonds is 4. The summed E-state index contributed by atoms with van der Waals surface area (Å²) in [6, 6.07) is 0. The summed E-state index contributed by atoms with van der Waals surface area (Å²) in [7, 11) is 0. The summed E-state index contributed by atoms with van der Waals surface area (Å²) in [4.78, 5) is 22.4. The number of aliphatic hydroxyl groups is 1. The normalized spacial score (nSPS) is 28.5. The Morgan fingerprint density at radius 3 is 3.09 bits per heavy atom. The van der Waals surface area contributed by atoms with Crippen molar-refractivity contribution in [2.45, 2.75) is 49.9 Å². The number of nitrogens with one attached hydrogen (secondary N) is 1. The maximum Gasteiger partial charge on any atom is 0.280 e. The van der Waals surface area contributed by atoms with E-state index in [-0.39, 0.29) is 17.6 Å². The van der Waals surface area contributed by atoms with Gasteiger partial charge in [-0.15, -0.1) is 0 Å². The lowest BCUT2D eigenvalue weighted by atomic mass is 10.1. The number of ether oxygens (including phenoxy) is 1. The Bertz CT molecular complexity index is 730. The number of aliphatic hydroxyl groups excluding tert-OH is 1. The molecule has 1 saturated heterocycles. The highest BCUT2D eigenvalue weighted by Gasteiger charge is 2.42. The molecule has 3 heterocycles. The Hall–Kier alpha value is -1.58. The number of nitrogens with two attached hydrogens (primary N) is 1. The molecule has 0 bridgehead atoms. The predicted octanol–water partition coefficient (Wildman–Crippen LogP) is 0.449. The number of unbranched alkanes of at least 4 members (excludes halogenated alkanes) is 1. The summed E-state index contributed by atoms with van der Waals surface area (Å²) in [5.41, 5.74) is 5.70. The van der Waals surface area contributed by atoms with Crippen molar-refractivity contribution in [2.24, 2.45) is 0 Å². The standard InChI is InChI=1S/C13H19N5O3S/c1-2-3-4-6-8(19)9(22)12(21-6)18-5-15-7-10(18)16-13(14)17-11(7)20/h5-6,8-9,12,19,22H,2-4H2,1H3,(H3,14,16,17,20)/t6-,8-,9-,12-/m1/s1. The van der Waals surface area contributed by atoms with Gasteiger partial charge in [0.1, 0.15) is 0 Å². The van der Waals surface area contributed by atoms with Crippen molar-refractivity contribution in [1.82, 2.24) is 19.5 Å². The van der Waals surface area contributed by atoms with Crippen LogP contribution in [0.15, 0.2) is 11.1 Å². The molecule has 0 radical (unpaired) electrons. The van der Waals surface area contributed by atoms with Gasteiger partial charge < -0.3 is 15.6 Å². The van der Waals surface area contributed by atoms with Gasteiger partial charge in [0, 0.05) is 0 Å². The maximum atomic E-state index is 11.8. The fourth-order valence-electron chi connectivity index (χ4n) is 2.73. The lowest BCUT2D eigenvalue weighted by molar-refractivity contribution is -0.0214. The Balaban J connectivity index is 1.96. The Morgan fingerprint density at radius 2 is 2.36 bits per heavy atom. The molecular formula is C13H19N5O3S. The van der Waals surface area contributed by atoms with Crippen molar-refractivity contribution >= 4 is 29.7 Å². The number of hydrogen-bond donors (Lipinski definition) is 4. The molecule has 1 aliphatic heterocycles. The first-order valence-corrected chi connectivity index (χ1v) is 7.78. The third-order valence-corrected chi connectivity index (χ3v) is 4.46. The lowest BCUT2D eigenvalue weighted by Gasteiger charge is -2.16. The van der Waals surface area contributed by atoms with Gasteiger partial charge in [-0.05, 0) is 6.42 Å². The maximum absolute atomic E-state index is 11.8. The van der Waals surface area contributed by atoms with Crippen molar-refractivity contribution in [3.63, 3.8) is 0 Å². The first-order chi connectivity index (χ1) is 10.5. The molecule has 3 rings (SSSR count). The molecule has 9 heteroatoms. The van der Waals surface area contributed by atoms with Gasteiger partial charge in [-0.3, -0.25) is 14.3 Å². The minimum absolute atomic E-state index is 0.0102.